The maximum absolute atomic E-state index is 12.5. The van der Waals surface area contributed by atoms with Gasteiger partial charge >= 0.3 is 0 Å². The largest absolute Gasteiger partial charge is 0.492 e. The molecule has 0 radical (unpaired) electrons. The van der Waals surface area contributed by atoms with Crippen LogP contribution in [-0.2, 0) is 14.8 Å². The topological polar surface area (TPSA) is 84.5 Å². The van der Waals surface area contributed by atoms with E-state index < -0.39 is 10.0 Å². The predicted molar refractivity (Wildman–Crippen MR) is 93.8 cm³/mol. The highest BCUT2D eigenvalue weighted by atomic mass is 32.2. The van der Waals surface area contributed by atoms with Crippen molar-refractivity contribution < 1.29 is 17.9 Å². The molecule has 6 nitrogen and oxygen atoms in total. The second-order valence-electron chi connectivity index (χ2n) is 4.96. The first-order chi connectivity index (χ1) is 11.5. The molecule has 0 aliphatic carbocycles. The van der Waals surface area contributed by atoms with Crippen LogP contribution in [0.3, 0.4) is 0 Å². The Kier molecular flexibility index (Phi) is 5.81. The van der Waals surface area contributed by atoms with E-state index in [1.54, 1.807) is 37.3 Å². The van der Waals surface area contributed by atoms with E-state index in [-0.39, 0.29) is 17.2 Å². The van der Waals surface area contributed by atoms with Crippen molar-refractivity contribution in [1.29, 1.82) is 0 Å². The lowest BCUT2D eigenvalue weighted by Crippen LogP contribution is -2.15. The van der Waals surface area contributed by atoms with Gasteiger partial charge in [-0.25, -0.2) is 8.42 Å². The van der Waals surface area contributed by atoms with E-state index in [0.29, 0.717) is 23.7 Å². The zero-order valence-electron chi connectivity index (χ0n) is 13.6. The molecule has 24 heavy (non-hydrogen) atoms. The van der Waals surface area contributed by atoms with Crippen molar-refractivity contribution >= 4 is 27.3 Å². The molecule has 128 valence electrons. The smallest absolute Gasteiger partial charge is 0.261 e. The normalized spacial score (nSPS) is 10.9. The van der Waals surface area contributed by atoms with Crippen molar-refractivity contribution in [3.05, 3.63) is 48.5 Å². The molecule has 0 heterocycles. The lowest BCUT2D eigenvalue weighted by molar-refractivity contribution is -0.115. The van der Waals surface area contributed by atoms with Crippen LogP contribution in [0.5, 0.6) is 5.75 Å². The van der Waals surface area contributed by atoms with Gasteiger partial charge in [-0.1, -0.05) is 25.1 Å². The van der Waals surface area contributed by atoms with Gasteiger partial charge in [0.2, 0.25) is 5.91 Å². The van der Waals surface area contributed by atoms with Crippen LogP contribution in [0.2, 0.25) is 0 Å². The molecule has 7 heteroatoms. The van der Waals surface area contributed by atoms with Crippen LogP contribution in [0.1, 0.15) is 20.3 Å². The van der Waals surface area contributed by atoms with E-state index in [1.807, 2.05) is 6.92 Å². The summed E-state index contributed by atoms with van der Waals surface area (Å²) in [4.78, 5) is 11.7. The highest BCUT2D eigenvalue weighted by Gasteiger charge is 2.17. The number of rotatable bonds is 7. The number of sulfonamides is 1. The summed E-state index contributed by atoms with van der Waals surface area (Å²) in [5, 5.41) is 2.67. The van der Waals surface area contributed by atoms with Gasteiger partial charge in [0.1, 0.15) is 5.75 Å². The van der Waals surface area contributed by atoms with Crippen LogP contribution in [0.4, 0.5) is 11.4 Å². The molecular formula is C17H20N2O4S. The van der Waals surface area contributed by atoms with Gasteiger partial charge in [0.05, 0.1) is 17.2 Å². The zero-order chi connectivity index (χ0) is 17.6. The SMILES string of the molecule is CCOc1ccc(S(=O)(=O)Nc2ccccc2)cc1NC(=O)CC. The minimum Gasteiger partial charge on any atom is -0.492 e. The molecule has 0 bridgehead atoms. The summed E-state index contributed by atoms with van der Waals surface area (Å²) in [5.41, 5.74) is 0.796. The van der Waals surface area contributed by atoms with E-state index in [1.165, 1.54) is 18.2 Å². The standard InChI is InChI=1S/C17H20N2O4S/c1-3-17(20)18-15-12-14(10-11-16(15)23-4-2)24(21,22)19-13-8-6-5-7-9-13/h5-12,19H,3-4H2,1-2H3,(H,18,20). The van der Waals surface area contributed by atoms with Crippen molar-refractivity contribution in [1.82, 2.24) is 0 Å². The van der Waals surface area contributed by atoms with Crippen LogP contribution in [0.25, 0.3) is 0 Å². The maximum Gasteiger partial charge on any atom is 0.261 e. The lowest BCUT2D eigenvalue weighted by Gasteiger charge is -2.14. The van der Waals surface area contributed by atoms with Gasteiger partial charge < -0.3 is 10.1 Å². The molecular weight excluding hydrogens is 328 g/mol. The Morgan fingerprint density at radius 3 is 2.42 bits per heavy atom. The van der Waals surface area contributed by atoms with Crippen LogP contribution in [0.15, 0.2) is 53.4 Å². The van der Waals surface area contributed by atoms with E-state index >= 15 is 0 Å². The van der Waals surface area contributed by atoms with Crippen LogP contribution in [-0.4, -0.2) is 20.9 Å². The number of hydrogen-bond donors (Lipinski definition) is 2. The molecule has 0 fully saturated rings. The van der Waals surface area contributed by atoms with Crippen molar-refractivity contribution in [2.75, 3.05) is 16.6 Å². The van der Waals surface area contributed by atoms with E-state index in [9.17, 15) is 13.2 Å². The third-order valence-electron chi connectivity index (χ3n) is 3.18. The quantitative estimate of drug-likeness (QED) is 0.804. The fraction of sp³-hybridized carbons (Fsp3) is 0.235. The van der Waals surface area contributed by atoms with Crippen LogP contribution in [0, 0.1) is 0 Å². The third kappa shape index (κ3) is 4.48. The molecule has 0 saturated heterocycles. The third-order valence-corrected chi connectivity index (χ3v) is 4.56. The van der Waals surface area contributed by atoms with Gasteiger partial charge in [0.15, 0.2) is 0 Å². The van der Waals surface area contributed by atoms with Crippen LogP contribution >= 0.6 is 0 Å². The number of amides is 1. The fourth-order valence-corrected chi connectivity index (χ4v) is 3.10. The summed E-state index contributed by atoms with van der Waals surface area (Å²) >= 11 is 0. The Bertz CT molecular complexity index is 805. The van der Waals surface area contributed by atoms with Crippen molar-refractivity contribution in [2.24, 2.45) is 0 Å². The first kappa shape index (κ1) is 17.8. The maximum atomic E-state index is 12.5. The highest BCUT2D eigenvalue weighted by Crippen LogP contribution is 2.29. The van der Waals surface area contributed by atoms with Gasteiger partial charge in [0.25, 0.3) is 10.0 Å². The van der Waals surface area contributed by atoms with Gasteiger partial charge in [-0.2, -0.15) is 0 Å². The summed E-state index contributed by atoms with van der Waals surface area (Å²) in [5.74, 6) is 0.208. The molecule has 0 aliphatic rings. The lowest BCUT2D eigenvalue weighted by atomic mass is 10.3. The van der Waals surface area contributed by atoms with E-state index in [2.05, 4.69) is 10.0 Å². The second-order valence-corrected chi connectivity index (χ2v) is 6.65. The molecule has 0 unspecified atom stereocenters. The first-order valence-electron chi connectivity index (χ1n) is 7.60. The molecule has 0 atom stereocenters. The second kappa shape index (κ2) is 7.83. The van der Waals surface area contributed by atoms with E-state index in [4.69, 9.17) is 4.74 Å². The van der Waals surface area contributed by atoms with Gasteiger partial charge in [-0.15, -0.1) is 0 Å². The number of benzene rings is 2. The molecule has 0 aliphatic heterocycles. The molecule has 1 amide bonds. The summed E-state index contributed by atoms with van der Waals surface area (Å²) in [6.45, 7) is 3.93. The van der Waals surface area contributed by atoms with Gasteiger partial charge in [0, 0.05) is 12.1 Å². The Morgan fingerprint density at radius 2 is 1.79 bits per heavy atom. The van der Waals surface area contributed by atoms with Crippen molar-refractivity contribution in [3.63, 3.8) is 0 Å². The minimum absolute atomic E-state index is 0.0428. The number of carbonyl (C=O) groups excluding carboxylic acids is 1. The summed E-state index contributed by atoms with van der Waals surface area (Å²) < 4.78 is 33.0. The average Bonchev–Trinajstić information content (AvgIpc) is 2.57. The summed E-state index contributed by atoms with van der Waals surface area (Å²) in [7, 11) is -3.77. The number of nitrogens with one attached hydrogen (secondary N) is 2. The summed E-state index contributed by atoms with van der Waals surface area (Å²) in [6, 6.07) is 13.0. The number of ether oxygens (including phenoxy) is 1. The molecule has 0 spiro atoms. The Labute approximate surface area is 141 Å². The highest BCUT2D eigenvalue weighted by molar-refractivity contribution is 7.92. The Hall–Kier alpha value is -2.54. The molecule has 2 aromatic rings. The monoisotopic (exact) mass is 348 g/mol. The van der Waals surface area contributed by atoms with Crippen LogP contribution < -0.4 is 14.8 Å². The Balaban J connectivity index is 2.35. The number of carbonyl (C=O) groups is 1. The fourth-order valence-electron chi connectivity index (χ4n) is 2.01. The molecule has 0 aromatic heterocycles. The summed E-state index contributed by atoms with van der Waals surface area (Å²) in [6.07, 6.45) is 0.283. The Morgan fingerprint density at radius 1 is 1.08 bits per heavy atom. The molecule has 0 saturated carbocycles. The van der Waals surface area contributed by atoms with Gasteiger partial charge in [-0.3, -0.25) is 9.52 Å². The predicted octanol–water partition coefficient (Wildman–Crippen LogP) is 3.23. The number of anilines is 2. The van der Waals surface area contributed by atoms with Crippen molar-refractivity contribution in [3.8, 4) is 5.75 Å². The first-order valence-corrected chi connectivity index (χ1v) is 9.09. The number of para-hydroxylation sites is 1. The number of hydrogen-bond acceptors (Lipinski definition) is 4. The minimum atomic E-state index is -3.77. The molecule has 2 N–H and O–H groups in total. The molecule has 2 aromatic carbocycles. The van der Waals surface area contributed by atoms with Crippen molar-refractivity contribution in [2.45, 2.75) is 25.2 Å². The zero-order valence-corrected chi connectivity index (χ0v) is 14.4. The molecule has 2 rings (SSSR count). The average molecular weight is 348 g/mol. The van der Waals surface area contributed by atoms with Gasteiger partial charge in [-0.05, 0) is 37.3 Å². The van der Waals surface area contributed by atoms with E-state index in [0.717, 1.165) is 0 Å².